The van der Waals surface area contributed by atoms with Gasteiger partial charge in [0.05, 0.1) is 11.6 Å². The number of hydrogen-bond acceptors (Lipinski definition) is 6. The topological polar surface area (TPSA) is 86.3 Å². The van der Waals surface area contributed by atoms with Crippen molar-refractivity contribution < 1.29 is 13.9 Å². The van der Waals surface area contributed by atoms with E-state index in [4.69, 9.17) is 9.15 Å². The summed E-state index contributed by atoms with van der Waals surface area (Å²) in [5, 5.41) is 12.7. The number of aromatic nitrogens is 4. The van der Waals surface area contributed by atoms with Crippen molar-refractivity contribution >= 4 is 5.91 Å². The second-order valence-electron chi connectivity index (χ2n) is 8.42. The zero-order valence-corrected chi connectivity index (χ0v) is 17.2. The molecule has 8 nitrogen and oxygen atoms in total. The molecule has 1 saturated heterocycles. The zero-order valence-electron chi connectivity index (χ0n) is 17.2. The monoisotopic (exact) mass is 375 g/mol. The molecule has 2 aromatic rings. The summed E-state index contributed by atoms with van der Waals surface area (Å²) < 4.78 is 13.0. The highest BCUT2D eigenvalue weighted by Gasteiger charge is 2.41. The molecule has 0 spiro atoms. The van der Waals surface area contributed by atoms with Crippen LogP contribution in [0.2, 0.25) is 0 Å². The van der Waals surface area contributed by atoms with Crippen LogP contribution in [0.4, 0.5) is 0 Å². The van der Waals surface area contributed by atoms with Crippen molar-refractivity contribution in [2.24, 2.45) is 0 Å². The number of likely N-dealkylation sites (tertiary alicyclic amines) is 1. The lowest BCUT2D eigenvalue weighted by Gasteiger charge is -2.24. The molecular weight excluding hydrogens is 346 g/mol. The lowest BCUT2D eigenvalue weighted by atomic mass is 10.1. The molecule has 0 radical (unpaired) electrons. The smallest absolute Gasteiger partial charge is 0.275 e. The van der Waals surface area contributed by atoms with Crippen molar-refractivity contribution in [2.45, 2.75) is 71.6 Å². The molecule has 3 rings (SSSR count). The highest BCUT2D eigenvalue weighted by molar-refractivity contribution is 5.93. The Morgan fingerprint density at radius 1 is 1.33 bits per heavy atom. The molecule has 2 aromatic heterocycles. The average molecular weight is 375 g/mol. The lowest BCUT2D eigenvalue weighted by Crippen LogP contribution is -2.33. The first-order valence-electron chi connectivity index (χ1n) is 9.36. The maximum Gasteiger partial charge on any atom is 0.275 e. The van der Waals surface area contributed by atoms with E-state index in [0.29, 0.717) is 30.4 Å². The van der Waals surface area contributed by atoms with Crippen LogP contribution in [0.1, 0.15) is 81.0 Å². The Balaban J connectivity index is 1.96. The lowest BCUT2D eigenvalue weighted by molar-refractivity contribution is 0.0666. The summed E-state index contributed by atoms with van der Waals surface area (Å²) in [7, 11) is 1.65. The third-order valence-corrected chi connectivity index (χ3v) is 4.87. The number of rotatable bonds is 4. The predicted molar refractivity (Wildman–Crippen MR) is 99.5 cm³/mol. The number of methoxy groups -OCH3 is 1. The van der Waals surface area contributed by atoms with Gasteiger partial charge in [0.25, 0.3) is 5.91 Å². The van der Waals surface area contributed by atoms with Crippen LogP contribution in [0.15, 0.2) is 10.5 Å². The predicted octanol–water partition coefficient (Wildman–Crippen LogP) is 3.06. The number of carbonyl (C=O) groups is 1. The zero-order chi connectivity index (χ0) is 19.9. The summed E-state index contributed by atoms with van der Waals surface area (Å²) in [5.41, 5.74) is 1.27. The Labute approximate surface area is 159 Å². The standard InChI is InChI=1S/C19H29N5O3/c1-11(2)15-9-14(22-24(15)19(4,5)6)18(25)23-10-13(26-7)8-16(23)17-21-20-12(3)27-17/h9,11,13,16H,8,10H2,1-7H3/t13-,16+/m0/s1. The van der Waals surface area contributed by atoms with Gasteiger partial charge in [0.1, 0.15) is 6.04 Å². The SMILES string of the molecule is CO[C@H]1C[C@H](c2nnc(C)o2)N(C(=O)c2cc(C(C)C)n(C(C)(C)C)n2)C1. The van der Waals surface area contributed by atoms with Gasteiger partial charge in [-0.25, -0.2) is 0 Å². The summed E-state index contributed by atoms with van der Waals surface area (Å²) in [6.45, 7) is 12.7. The normalized spacial score (nSPS) is 20.7. The molecule has 3 heterocycles. The van der Waals surface area contributed by atoms with E-state index < -0.39 is 0 Å². The van der Waals surface area contributed by atoms with Crippen LogP contribution in [0.25, 0.3) is 0 Å². The molecule has 8 heteroatoms. The summed E-state index contributed by atoms with van der Waals surface area (Å²) in [4.78, 5) is 15.1. The molecule has 148 valence electrons. The fourth-order valence-electron chi connectivity index (χ4n) is 3.47. The number of nitrogens with zero attached hydrogens (tertiary/aromatic N) is 5. The maximum atomic E-state index is 13.3. The third kappa shape index (κ3) is 3.76. The largest absolute Gasteiger partial charge is 0.423 e. The van der Waals surface area contributed by atoms with Gasteiger partial charge in [-0.05, 0) is 32.8 Å². The Hall–Kier alpha value is -2.22. The van der Waals surface area contributed by atoms with E-state index >= 15 is 0 Å². The van der Waals surface area contributed by atoms with Crippen molar-refractivity contribution in [3.8, 4) is 0 Å². The van der Waals surface area contributed by atoms with E-state index in [1.54, 1.807) is 18.9 Å². The quantitative estimate of drug-likeness (QED) is 0.816. The number of hydrogen-bond donors (Lipinski definition) is 0. The molecule has 27 heavy (non-hydrogen) atoms. The van der Waals surface area contributed by atoms with Gasteiger partial charge < -0.3 is 14.1 Å². The van der Waals surface area contributed by atoms with Gasteiger partial charge in [-0.1, -0.05) is 13.8 Å². The molecular formula is C19H29N5O3. The maximum absolute atomic E-state index is 13.3. The molecule has 2 atom stereocenters. The van der Waals surface area contributed by atoms with Gasteiger partial charge >= 0.3 is 0 Å². The molecule has 0 unspecified atom stereocenters. The summed E-state index contributed by atoms with van der Waals surface area (Å²) in [5.74, 6) is 1.05. The van der Waals surface area contributed by atoms with Gasteiger partial charge in [0.2, 0.25) is 11.8 Å². The minimum absolute atomic E-state index is 0.0690. The molecule has 0 aromatic carbocycles. The van der Waals surface area contributed by atoms with Gasteiger partial charge in [-0.3, -0.25) is 9.48 Å². The van der Waals surface area contributed by atoms with Crippen molar-refractivity contribution in [2.75, 3.05) is 13.7 Å². The van der Waals surface area contributed by atoms with Crippen LogP contribution in [0, 0.1) is 6.92 Å². The van der Waals surface area contributed by atoms with Crippen molar-refractivity contribution in [3.05, 3.63) is 29.2 Å². The molecule has 1 fully saturated rings. The molecule has 0 saturated carbocycles. The second-order valence-corrected chi connectivity index (χ2v) is 8.42. The van der Waals surface area contributed by atoms with Crippen LogP contribution in [-0.4, -0.2) is 50.5 Å². The first-order valence-corrected chi connectivity index (χ1v) is 9.36. The van der Waals surface area contributed by atoms with Crippen molar-refractivity contribution in [1.82, 2.24) is 24.9 Å². The minimum atomic E-state index is -0.300. The Morgan fingerprint density at radius 3 is 2.52 bits per heavy atom. The second kappa shape index (κ2) is 7.07. The van der Waals surface area contributed by atoms with E-state index in [1.807, 2.05) is 10.7 Å². The molecule has 1 aliphatic heterocycles. The first kappa shape index (κ1) is 19.5. The molecule has 1 amide bonds. The van der Waals surface area contributed by atoms with Crippen LogP contribution in [-0.2, 0) is 10.3 Å². The summed E-state index contributed by atoms with van der Waals surface area (Å²) in [6.07, 6.45) is 0.557. The summed E-state index contributed by atoms with van der Waals surface area (Å²) in [6, 6.07) is 1.60. The Kier molecular flexibility index (Phi) is 5.12. The highest BCUT2D eigenvalue weighted by Crippen LogP contribution is 2.34. The van der Waals surface area contributed by atoms with Crippen LogP contribution < -0.4 is 0 Å². The van der Waals surface area contributed by atoms with Crippen LogP contribution >= 0.6 is 0 Å². The molecule has 0 bridgehead atoms. The minimum Gasteiger partial charge on any atom is -0.423 e. The number of amides is 1. The fraction of sp³-hybridized carbons (Fsp3) is 0.684. The van der Waals surface area contributed by atoms with Gasteiger partial charge in [-0.15, -0.1) is 10.2 Å². The van der Waals surface area contributed by atoms with E-state index in [-0.39, 0.29) is 29.5 Å². The van der Waals surface area contributed by atoms with E-state index in [2.05, 4.69) is 49.9 Å². The van der Waals surface area contributed by atoms with E-state index in [1.165, 1.54) is 0 Å². The van der Waals surface area contributed by atoms with Gasteiger partial charge in [0, 0.05) is 32.7 Å². The Bertz CT molecular complexity index is 818. The van der Waals surface area contributed by atoms with Crippen molar-refractivity contribution in [1.29, 1.82) is 0 Å². The van der Waals surface area contributed by atoms with Crippen LogP contribution in [0.3, 0.4) is 0 Å². The number of aryl methyl sites for hydroxylation is 1. The average Bonchev–Trinajstić information content (AvgIpc) is 3.30. The van der Waals surface area contributed by atoms with E-state index in [9.17, 15) is 4.79 Å². The molecule has 1 aliphatic rings. The highest BCUT2D eigenvalue weighted by atomic mass is 16.5. The van der Waals surface area contributed by atoms with E-state index in [0.717, 1.165) is 5.69 Å². The van der Waals surface area contributed by atoms with Gasteiger partial charge in [-0.2, -0.15) is 5.10 Å². The van der Waals surface area contributed by atoms with Crippen molar-refractivity contribution in [3.63, 3.8) is 0 Å². The van der Waals surface area contributed by atoms with Gasteiger partial charge in [0.15, 0.2) is 5.69 Å². The Morgan fingerprint density at radius 2 is 2.04 bits per heavy atom. The number of carbonyl (C=O) groups excluding carboxylic acids is 1. The summed E-state index contributed by atoms with van der Waals surface area (Å²) >= 11 is 0. The number of ether oxygens (including phenoxy) is 1. The molecule has 0 aliphatic carbocycles. The fourth-order valence-corrected chi connectivity index (χ4v) is 3.47. The first-order chi connectivity index (χ1) is 12.6. The molecule has 0 N–H and O–H groups in total. The van der Waals surface area contributed by atoms with Crippen LogP contribution in [0.5, 0.6) is 0 Å². The third-order valence-electron chi connectivity index (χ3n) is 4.87.